The monoisotopic (exact) mass is 275 g/mol. The Morgan fingerprint density at radius 3 is 2.67 bits per heavy atom. The molecule has 2 aliphatic rings. The molecule has 1 aliphatic heterocycles. The molecule has 66 valence electrons. The van der Waals surface area contributed by atoms with Gasteiger partial charge < -0.3 is 0 Å². The highest BCUT2D eigenvalue weighted by molar-refractivity contribution is 14.1. The number of hydrogen-bond acceptors (Lipinski definition) is 1. The molecule has 2 heteroatoms. The van der Waals surface area contributed by atoms with Crippen molar-refractivity contribution in [2.75, 3.05) is 13.1 Å². The van der Waals surface area contributed by atoms with Crippen molar-refractivity contribution in [3.8, 4) is 0 Å². The number of halogens is 1. The van der Waals surface area contributed by atoms with Crippen molar-refractivity contribution in [1.29, 1.82) is 0 Å². The van der Waals surface area contributed by atoms with Crippen molar-refractivity contribution in [2.24, 2.45) is 0 Å². The summed E-state index contributed by atoms with van der Waals surface area (Å²) in [7, 11) is 0. The first-order chi connectivity index (χ1) is 5.86. The molecule has 0 aromatic rings. The van der Waals surface area contributed by atoms with Crippen LogP contribution in [-0.2, 0) is 0 Å². The van der Waals surface area contributed by atoms with Crippen molar-refractivity contribution in [3.05, 3.63) is 21.8 Å². The van der Waals surface area contributed by atoms with Gasteiger partial charge in [-0.3, -0.25) is 4.90 Å². The average Bonchev–Trinajstić information content (AvgIpc) is 2.58. The van der Waals surface area contributed by atoms with Crippen LogP contribution in [0.3, 0.4) is 0 Å². The minimum absolute atomic E-state index is 0.700. The second kappa shape index (κ2) is 3.92. The van der Waals surface area contributed by atoms with Crippen molar-refractivity contribution in [3.63, 3.8) is 0 Å². The molecular weight excluding hydrogens is 261 g/mol. The van der Waals surface area contributed by atoms with E-state index in [9.17, 15) is 0 Å². The van der Waals surface area contributed by atoms with Crippen LogP contribution < -0.4 is 0 Å². The smallest absolute Gasteiger partial charge is 0.0316 e. The maximum atomic E-state index is 2.59. The van der Waals surface area contributed by atoms with Gasteiger partial charge in [-0.25, -0.2) is 0 Å². The summed E-state index contributed by atoms with van der Waals surface area (Å²) in [6, 6.07) is 0.700. The molecule has 1 saturated heterocycles. The number of hydrogen-bond donors (Lipinski definition) is 0. The molecule has 0 bridgehead atoms. The Labute approximate surface area is 87.7 Å². The van der Waals surface area contributed by atoms with Gasteiger partial charge in [0.2, 0.25) is 0 Å². The van der Waals surface area contributed by atoms with Gasteiger partial charge in [0.1, 0.15) is 0 Å². The minimum atomic E-state index is 0.700. The van der Waals surface area contributed by atoms with Crippen LogP contribution in [0.5, 0.6) is 0 Å². The zero-order chi connectivity index (χ0) is 8.39. The number of allylic oxidation sites excluding steroid dienone is 2. The summed E-state index contributed by atoms with van der Waals surface area (Å²) in [6.07, 6.45) is 10.9. The lowest BCUT2D eigenvalue weighted by Crippen LogP contribution is -2.31. The van der Waals surface area contributed by atoms with Crippen LogP contribution >= 0.6 is 22.6 Å². The predicted molar refractivity (Wildman–Crippen MR) is 60.5 cm³/mol. The number of rotatable bonds is 1. The van der Waals surface area contributed by atoms with Gasteiger partial charge in [0, 0.05) is 9.62 Å². The lowest BCUT2D eigenvalue weighted by Gasteiger charge is -2.25. The van der Waals surface area contributed by atoms with Gasteiger partial charge in [-0.15, -0.1) is 0 Å². The van der Waals surface area contributed by atoms with E-state index >= 15 is 0 Å². The lowest BCUT2D eigenvalue weighted by atomic mass is 10.1. The Bertz CT molecular complexity index is 214. The van der Waals surface area contributed by atoms with Gasteiger partial charge in [0.05, 0.1) is 0 Å². The fourth-order valence-corrected chi connectivity index (χ4v) is 2.39. The molecule has 12 heavy (non-hydrogen) atoms. The lowest BCUT2D eigenvalue weighted by molar-refractivity contribution is 0.284. The van der Waals surface area contributed by atoms with Crippen molar-refractivity contribution in [2.45, 2.75) is 25.3 Å². The van der Waals surface area contributed by atoms with E-state index in [2.05, 4.69) is 45.7 Å². The molecular formula is C10H14IN. The van der Waals surface area contributed by atoms with Crippen LogP contribution in [0.25, 0.3) is 0 Å². The van der Waals surface area contributed by atoms with Gasteiger partial charge >= 0.3 is 0 Å². The second-order valence-corrected chi connectivity index (χ2v) is 4.74. The third-order valence-electron chi connectivity index (χ3n) is 2.64. The van der Waals surface area contributed by atoms with Crippen LogP contribution in [-0.4, -0.2) is 24.0 Å². The van der Waals surface area contributed by atoms with E-state index < -0.39 is 0 Å². The van der Waals surface area contributed by atoms with Crippen molar-refractivity contribution >= 4 is 22.6 Å². The summed E-state index contributed by atoms with van der Waals surface area (Å²) in [4.78, 5) is 2.59. The Morgan fingerprint density at radius 1 is 1.33 bits per heavy atom. The molecule has 1 nitrogen and oxygen atoms in total. The van der Waals surface area contributed by atoms with E-state index in [1.54, 1.807) is 0 Å². The van der Waals surface area contributed by atoms with Crippen LogP contribution in [0.2, 0.25) is 0 Å². The van der Waals surface area contributed by atoms with Crippen LogP contribution in [0.4, 0.5) is 0 Å². The van der Waals surface area contributed by atoms with Gasteiger partial charge in [-0.05, 0) is 54.9 Å². The molecule has 0 amide bonds. The molecule has 1 heterocycles. The van der Waals surface area contributed by atoms with Gasteiger partial charge in [0.25, 0.3) is 0 Å². The van der Waals surface area contributed by atoms with E-state index in [0.717, 1.165) is 0 Å². The molecule has 0 saturated carbocycles. The molecule has 0 spiro atoms. The minimum Gasteiger partial charge on any atom is -0.297 e. The van der Waals surface area contributed by atoms with Crippen LogP contribution in [0.1, 0.15) is 19.3 Å². The van der Waals surface area contributed by atoms with Crippen molar-refractivity contribution < 1.29 is 0 Å². The maximum Gasteiger partial charge on any atom is 0.0316 e. The van der Waals surface area contributed by atoms with E-state index in [-0.39, 0.29) is 0 Å². The normalized spacial score (nSPS) is 30.8. The fourth-order valence-electron chi connectivity index (χ4n) is 1.93. The zero-order valence-corrected chi connectivity index (χ0v) is 9.33. The predicted octanol–water partition coefficient (Wildman–Crippen LogP) is 2.73. The largest absolute Gasteiger partial charge is 0.297 e. The molecule has 0 N–H and O–H groups in total. The van der Waals surface area contributed by atoms with Crippen molar-refractivity contribution in [1.82, 2.24) is 4.90 Å². The molecule has 0 aromatic carbocycles. The number of nitrogens with zero attached hydrogens (tertiary/aromatic N) is 1. The summed E-state index contributed by atoms with van der Waals surface area (Å²) in [5, 5.41) is 0. The SMILES string of the molecule is IC1=CCC(N2CCCC2)C=C1. The molecule has 2 rings (SSSR count). The zero-order valence-electron chi connectivity index (χ0n) is 7.17. The summed E-state index contributed by atoms with van der Waals surface area (Å²) in [5.74, 6) is 0. The third-order valence-corrected chi connectivity index (χ3v) is 3.44. The average molecular weight is 275 g/mol. The first kappa shape index (κ1) is 8.75. The highest BCUT2D eigenvalue weighted by atomic mass is 127. The van der Waals surface area contributed by atoms with Gasteiger partial charge in [-0.2, -0.15) is 0 Å². The Kier molecular flexibility index (Phi) is 2.86. The molecule has 1 atom stereocenters. The quantitative estimate of drug-likeness (QED) is 0.665. The first-order valence-electron chi connectivity index (χ1n) is 4.64. The summed E-state index contributed by atoms with van der Waals surface area (Å²) >= 11 is 2.39. The number of likely N-dealkylation sites (tertiary alicyclic amines) is 1. The standard InChI is InChI=1S/C10H14IN/c11-9-3-5-10(6-4-9)12-7-1-2-8-12/h3-5,10H,1-2,6-8H2. The summed E-state index contributed by atoms with van der Waals surface area (Å²) in [5.41, 5.74) is 0. The van der Waals surface area contributed by atoms with E-state index in [0.29, 0.717) is 6.04 Å². The summed E-state index contributed by atoms with van der Waals surface area (Å²) in [6.45, 7) is 2.61. The molecule has 0 radical (unpaired) electrons. The van der Waals surface area contributed by atoms with Crippen LogP contribution in [0, 0.1) is 0 Å². The maximum absolute atomic E-state index is 2.59. The summed E-state index contributed by atoms with van der Waals surface area (Å²) < 4.78 is 1.39. The van der Waals surface area contributed by atoms with E-state index in [4.69, 9.17) is 0 Å². The fraction of sp³-hybridized carbons (Fsp3) is 0.600. The molecule has 1 unspecified atom stereocenters. The third kappa shape index (κ3) is 1.91. The second-order valence-electron chi connectivity index (χ2n) is 3.49. The molecule has 0 aromatic heterocycles. The van der Waals surface area contributed by atoms with E-state index in [1.165, 1.54) is 35.9 Å². The molecule has 1 aliphatic carbocycles. The van der Waals surface area contributed by atoms with Gasteiger partial charge in [0.15, 0.2) is 0 Å². The van der Waals surface area contributed by atoms with Crippen LogP contribution in [0.15, 0.2) is 21.8 Å². The Hall–Kier alpha value is 0.170. The molecule has 1 fully saturated rings. The topological polar surface area (TPSA) is 3.24 Å². The van der Waals surface area contributed by atoms with E-state index in [1.807, 2.05) is 0 Å². The Balaban J connectivity index is 1.94. The highest BCUT2D eigenvalue weighted by Crippen LogP contribution is 2.22. The highest BCUT2D eigenvalue weighted by Gasteiger charge is 2.19. The first-order valence-corrected chi connectivity index (χ1v) is 5.72. The van der Waals surface area contributed by atoms with Gasteiger partial charge in [-0.1, -0.05) is 18.2 Å². The Morgan fingerprint density at radius 2 is 2.08 bits per heavy atom.